The largest absolute Gasteiger partial charge is 0.455 e. The highest BCUT2D eigenvalue weighted by Gasteiger charge is 2.20. The second kappa shape index (κ2) is 13.3. The van der Waals surface area contributed by atoms with Crippen molar-refractivity contribution < 1.29 is 4.42 Å². The van der Waals surface area contributed by atoms with Gasteiger partial charge in [-0.3, -0.25) is 0 Å². The van der Waals surface area contributed by atoms with Gasteiger partial charge in [0.15, 0.2) is 17.5 Å². The summed E-state index contributed by atoms with van der Waals surface area (Å²) in [5, 5.41) is 4.61. The maximum atomic E-state index is 6.66. The van der Waals surface area contributed by atoms with Crippen LogP contribution in [0.15, 0.2) is 192 Å². The van der Waals surface area contributed by atoms with E-state index in [1.54, 1.807) is 11.3 Å². The molecular formula is C51H31N3OS. The Balaban J connectivity index is 1.06. The van der Waals surface area contributed by atoms with Gasteiger partial charge in [-0.25, -0.2) is 15.0 Å². The first-order chi connectivity index (χ1) is 27.7. The maximum absolute atomic E-state index is 6.66. The number of fused-ring (bicyclic) bond motifs is 6. The Morgan fingerprint density at radius 3 is 1.66 bits per heavy atom. The quantitative estimate of drug-likeness (QED) is 0.171. The summed E-state index contributed by atoms with van der Waals surface area (Å²) in [4.78, 5) is 15.3. The predicted octanol–water partition coefficient (Wildman–Crippen LogP) is 14.1. The number of furan rings is 1. The normalized spacial score (nSPS) is 11.6. The minimum atomic E-state index is 0.641. The number of hydrogen-bond acceptors (Lipinski definition) is 5. The Bertz CT molecular complexity index is 3230. The number of hydrogen-bond donors (Lipinski definition) is 0. The van der Waals surface area contributed by atoms with Crippen LogP contribution in [-0.2, 0) is 0 Å². The molecule has 0 saturated carbocycles. The highest BCUT2D eigenvalue weighted by molar-refractivity contribution is 7.26. The summed E-state index contributed by atoms with van der Waals surface area (Å²) in [5.74, 6) is 1.94. The summed E-state index contributed by atoms with van der Waals surface area (Å²) in [7, 11) is 0. The van der Waals surface area contributed by atoms with Gasteiger partial charge in [0.25, 0.3) is 0 Å². The van der Waals surface area contributed by atoms with Gasteiger partial charge >= 0.3 is 0 Å². The molecule has 0 bridgehead atoms. The predicted molar refractivity (Wildman–Crippen MR) is 233 cm³/mol. The van der Waals surface area contributed by atoms with Gasteiger partial charge in [-0.2, -0.15) is 0 Å². The Labute approximate surface area is 327 Å². The van der Waals surface area contributed by atoms with Gasteiger partial charge < -0.3 is 4.42 Å². The number of benzene rings is 8. The molecule has 0 fully saturated rings. The van der Waals surface area contributed by atoms with Crippen LogP contribution in [0.3, 0.4) is 0 Å². The third-order valence-electron chi connectivity index (χ3n) is 10.6. The zero-order valence-corrected chi connectivity index (χ0v) is 30.9. The summed E-state index contributed by atoms with van der Waals surface area (Å²) in [6.45, 7) is 0. The summed E-state index contributed by atoms with van der Waals surface area (Å²) in [5.41, 5.74) is 11.5. The molecule has 0 atom stereocenters. The Morgan fingerprint density at radius 2 is 0.911 bits per heavy atom. The highest BCUT2D eigenvalue weighted by Crippen LogP contribution is 2.45. The van der Waals surface area contributed by atoms with E-state index in [1.165, 1.54) is 32.2 Å². The van der Waals surface area contributed by atoms with Gasteiger partial charge in [0, 0.05) is 53.2 Å². The second-order valence-electron chi connectivity index (χ2n) is 13.9. The summed E-state index contributed by atoms with van der Waals surface area (Å²) < 4.78 is 9.01. The first-order valence-electron chi connectivity index (χ1n) is 18.7. The minimum absolute atomic E-state index is 0.641. The number of rotatable bonds is 6. The van der Waals surface area contributed by atoms with Crippen LogP contribution >= 0.6 is 11.3 Å². The lowest BCUT2D eigenvalue weighted by molar-refractivity contribution is 0.670. The Hall–Kier alpha value is -7.21. The van der Waals surface area contributed by atoms with Crippen molar-refractivity contribution in [2.45, 2.75) is 0 Å². The molecule has 0 saturated heterocycles. The van der Waals surface area contributed by atoms with Gasteiger partial charge in [-0.15, -0.1) is 11.3 Å². The number of aromatic nitrogens is 3. The standard InChI is InChI=1S/C51H31N3OS/c1-4-13-32(14-5-1)33-23-25-36(26-24-33)50-52-49(35-17-8-3-9-18-35)53-51(54-50)42-21-12-20-40-43-31-37(27-30-45(43)56-48(40)42)39-29-28-38(34-15-6-2-7-16-34)46-41-19-10-11-22-44(41)55-47(39)46/h1-31H. The fourth-order valence-electron chi connectivity index (χ4n) is 7.84. The highest BCUT2D eigenvalue weighted by atomic mass is 32.1. The lowest BCUT2D eigenvalue weighted by Gasteiger charge is -2.10. The molecule has 0 spiro atoms. The van der Waals surface area contributed by atoms with Crippen molar-refractivity contribution in [1.82, 2.24) is 15.0 Å². The molecule has 0 N–H and O–H groups in total. The molecule has 8 aromatic carbocycles. The van der Waals surface area contributed by atoms with Crippen molar-refractivity contribution in [2.75, 3.05) is 0 Å². The molecular weight excluding hydrogens is 703 g/mol. The van der Waals surface area contributed by atoms with Crippen LogP contribution < -0.4 is 0 Å². The molecule has 3 heterocycles. The smallest absolute Gasteiger partial charge is 0.165 e. The third-order valence-corrected chi connectivity index (χ3v) is 11.8. The Kier molecular flexibility index (Phi) is 7.64. The van der Waals surface area contributed by atoms with Crippen molar-refractivity contribution in [3.05, 3.63) is 188 Å². The van der Waals surface area contributed by atoms with Gasteiger partial charge in [0.05, 0.1) is 0 Å². The van der Waals surface area contributed by atoms with E-state index in [-0.39, 0.29) is 0 Å². The lowest BCUT2D eigenvalue weighted by atomic mass is 9.94. The number of thiophene rings is 1. The van der Waals surface area contributed by atoms with Gasteiger partial charge in [-0.05, 0) is 58.1 Å². The van der Waals surface area contributed by atoms with Crippen molar-refractivity contribution in [3.8, 4) is 67.5 Å². The molecule has 5 heteroatoms. The monoisotopic (exact) mass is 733 g/mol. The molecule has 0 aliphatic heterocycles. The van der Waals surface area contributed by atoms with E-state index in [1.807, 2.05) is 42.5 Å². The average Bonchev–Trinajstić information content (AvgIpc) is 3.86. The van der Waals surface area contributed by atoms with E-state index in [0.29, 0.717) is 17.5 Å². The molecule has 0 unspecified atom stereocenters. The third kappa shape index (κ3) is 5.48. The molecule has 56 heavy (non-hydrogen) atoms. The fourth-order valence-corrected chi connectivity index (χ4v) is 9.03. The van der Waals surface area contributed by atoms with Crippen molar-refractivity contribution in [2.24, 2.45) is 0 Å². The van der Waals surface area contributed by atoms with Crippen molar-refractivity contribution in [1.29, 1.82) is 0 Å². The average molecular weight is 734 g/mol. The van der Waals surface area contributed by atoms with Gasteiger partial charge in [0.1, 0.15) is 11.2 Å². The van der Waals surface area contributed by atoms with Crippen LogP contribution in [0.5, 0.6) is 0 Å². The van der Waals surface area contributed by atoms with Crippen LogP contribution in [0.4, 0.5) is 0 Å². The SMILES string of the molecule is c1ccc(-c2ccc(-c3nc(-c4ccccc4)nc(-c4cccc5c4sc4ccc(-c6ccc(-c7ccccc7)c7c6oc6ccccc67)cc45)n3)cc2)cc1. The number of nitrogens with zero attached hydrogens (tertiary/aromatic N) is 3. The first kappa shape index (κ1) is 32.2. The van der Waals surface area contributed by atoms with Crippen LogP contribution in [-0.4, -0.2) is 15.0 Å². The second-order valence-corrected chi connectivity index (χ2v) is 15.0. The van der Waals surface area contributed by atoms with E-state index in [9.17, 15) is 0 Å². The maximum Gasteiger partial charge on any atom is 0.165 e. The summed E-state index contributed by atoms with van der Waals surface area (Å²) in [6.07, 6.45) is 0. The van der Waals surface area contributed by atoms with E-state index >= 15 is 0 Å². The van der Waals surface area contributed by atoms with Crippen molar-refractivity contribution >= 4 is 53.4 Å². The Morgan fingerprint density at radius 1 is 0.357 bits per heavy atom. The van der Waals surface area contributed by atoms with Crippen LogP contribution in [0, 0.1) is 0 Å². The fraction of sp³-hybridized carbons (Fsp3) is 0. The molecule has 3 aromatic heterocycles. The topological polar surface area (TPSA) is 51.8 Å². The zero-order chi connectivity index (χ0) is 37.0. The van der Waals surface area contributed by atoms with E-state index in [4.69, 9.17) is 19.4 Å². The number of para-hydroxylation sites is 1. The van der Waals surface area contributed by atoms with Crippen molar-refractivity contribution in [3.63, 3.8) is 0 Å². The first-order valence-corrected chi connectivity index (χ1v) is 19.5. The zero-order valence-electron chi connectivity index (χ0n) is 30.1. The molecule has 0 amide bonds. The molecule has 0 aliphatic rings. The molecule has 262 valence electrons. The molecule has 0 radical (unpaired) electrons. The van der Waals surface area contributed by atoms with E-state index < -0.39 is 0 Å². The van der Waals surface area contributed by atoms with Crippen LogP contribution in [0.2, 0.25) is 0 Å². The van der Waals surface area contributed by atoms with E-state index in [0.717, 1.165) is 60.0 Å². The molecule has 11 aromatic rings. The van der Waals surface area contributed by atoms with E-state index in [2.05, 4.69) is 146 Å². The molecule has 0 aliphatic carbocycles. The summed E-state index contributed by atoms with van der Waals surface area (Å²) in [6, 6.07) is 65.6. The summed E-state index contributed by atoms with van der Waals surface area (Å²) >= 11 is 1.77. The molecule has 11 rings (SSSR count). The minimum Gasteiger partial charge on any atom is -0.455 e. The lowest BCUT2D eigenvalue weighted by Crippen LogP contribution is -2.00. The molecule has 4 nitrogen and oxygen atoms in total. The van der Waals surface area contributed by atoms with Gasteiger partial charge in [0.2, 0.25) is 0 Å². The van der Waals surface area contributed by atoms with Crippen LogP contribution in [0.1, 0.15) is 0 Å². The van der Waals surface area contributed by atoms with Crippen LogP contribution in [0.25, 0.3) is 110 Å². The van der Waals surface area contributed by atoms with Gasteiger partial charge in [-0.1, -0.05) is 158 Å².